The van der Waals surface area contributed by atoms with E-state index in [1.807, 2.05) is 6.92 Å². The molecule has 0 radical (unpaired) electrons. The Morgan fingerprint density at radius 1 is 1.30 bits per heavy atom. The molecule has 0 aliphatic heterocycles. The Labute approximate surface area is 134 Å². The predicted molar refractivity (Wildman–Crippen MR) is 85.2 cm³/mol. The smallest absolute Gasteiger partial charge is 0.264 e. The average molecular weight is 423 g/mol. The van der Waals surface area contributed by atoms with Gasteiger partial charge in [-0.3, -0.25) is 9.82 Å². The molecule has 0 unspecified atom stereocenters. The summed E-state index contributed by atoms with van der Waals surface area (Å²) in [4.78, 5) is 0.167. The molecule has 0 amide bonds. The van der Waals surface area contributed by atoms with E-state index < -0.39 is 10.0 Å². The van der Waals surface area contributed by atoms with Crippen LogP contribution in [0.2, 0.25) is 0 Å². The van der Waals surface area contributed by atoms with Gasteiger partial charge in [0.05, 0.1) is 0 Å². The van der Waals surface area contributed by atoms with Gasteiger partial charge in [-0.25, -0.2) is 8.42 Å². The van der Waals surface area contributed by atoms with Gasteiger partial charge in [0.15, 0.2) is 5.82 Å². The third kappa shape index (κ3) is 3.62. The van der Waals surface area contributed by atoms with E-state index >= 15 is 0 Å². The zero-order chi connectivity index (χ0) is 14.8. The number of anilines is 1. The van der Waals surface area contributed by atoms with Crippen molar-refractivity contribution >= 4 is 47.7 Å². The average Bonchev–Trinajstić information content (AvgIpc) is 2.75. The molecule has 2 N–H and O–H groups in total. The van der Waals surface area contributed by atoms with Crippen molar-refractivity contribution in [3.05, 3.63) is 38.9 Å². The Bertz CT molecular complexity index is 713. The minimum atomic E-state index is -3.66. The number of nitrogens with zero attached hydrogens (tertiary/aromatic N) is 1. The normalized spacial score (nSPS) is 11.6. The number of hydrogen-bond donors (Lipinski definition) is 2. The summed E-state index contributed by atoms with van der Waals surface area (Å²) in [5, 5.41) is 6.76. The van der Waals surface area contributed by atoms with Gasteiger partial charge in [0, 0.05) is 20.7 Å². The summed E-state index contributed by atoms with van der Waals surface area (Å²) in [5.41, 5.74) is 0.903. The highest BCUT2D eigenvalue weighted by Crippen LogP contribution is 2.27. The third-order valence-electron chi connectivity index (χ3n) is 2.57. The largest absolute Gasteiger partial charge is 0.280 e. The van der Waals surface area contributed by atoms with Crippen molar-refractivity contribution in [1.29, 1.82) is 0 Å². The van der Waals surface area contributed by atoms with Gasteiger partial charge in [0.2, 0.25) is 0 Å². The number of halogens is 2. The SMILES string of the molecule is CCCc1cc(NS(=O)(=O)c2ccc(Br)cc2Br)n[nH]1. The molecule has 1 aromatic heterocycles. The number of H-pyrrole nitrogens is 1. The summed E-state index contributed by atoms with van der Waals surface area (Å²) in [6, 6.07) is 6.58. The third-order valence-corrected chi connectivity index (χ3v) is 5.40. The van der Waals surface area contributed by atoms with Gasteiger partial charge in [0.25, 0.3) is 10.0 Å². The fraction of sp³-hybridized carbons (Fsp3) is 0.250. The van der Waals surface area contributed by atoms with Gasteiger partial charge in [0.1, 0.15) is 4.90 Å². The fourth-order valence-corrected chi connectivity index (χ4v) is 4.44. The second kappa shape index (κ2) is 6.28. The van der Waals surface area contributed by atoms with E-state index in [0.717, 1.165) is 23.0 Å². The van der Waals surface area contributed by atoms with E-state index in [1.54, 1.807) is 18.2 Å². The van der Waals surface area contributed by atoms with E-state index in [9.17, 15) is 8.42 Å². The molecule has 0 saturated heterocycles. The summed E-state index contributed by atoms with van der Waals surface area (Å²) in [7, 11) is -3.66. The van der Waals surface area contributed by atoms with Crippen LogP contribution in [0, 0.1) is 0 Å². The molecular formula is C12H13Br2N3O2S. The molecule has 2 rings (SSSR count). The van der Waals surface area contributed by atoms with Gasteiger partial charge in [-0.15, -0.1) is 0 Å². The number of aryl methyl sites for hydroxylation is 1. The van der Waals surface area contributed by atoms with Crippen LogP contribution < -0.4 is 4.72 Å². The minimum absolute atomic E-state index is 0.167. The number of benzene rings is 1. The van der Waals surface area contributed by atoms with Gasteiger partial charge in [-0.2, -0.15) is 5.10 Å². The van der Waals surface area contributed by atoms with Crippen molar-refractivity contribution in [3.8, 4) is 0 Å². The molecule has 0 spiro atoms. The standard InChI is InChI=1S/C12H13Br2N3O2S/c1-2-3-9-7-12(16-15-9)17-20(18,19)11-5-4-8(13)6-10(11)14/h4-7H,2-3H2,1H3,(H2,15,16,17). The van der Waals surface area contributed by atoms with Crippen LogP contribution in [-0.4, -0.2) is 18.6 Å². The van der Waals surface area contributed by atoms with Crippen molar-refractivity contribution in [2.75, 3.05) is 4.72 Å². The van der Waals surface area contributed by atoms with Crippen LogP contribution in [0.1, 0.15) is 19.0 Å². The maximum Gasteiger partial charge on any atom is 0.264 e. The molecule has 5 nitrogen and oxygen atoms in total. The molecule has 0 saturated carbocycles. The zero-order valence-corrected chi connectivity index (χ0v) is 14.6. The maximum absolute atomic E-state index is 12.3. The van der Waals surface area contributed by atoms with Crippen molar-refractivity contribution in [2.45, 2.75) is 24.7 Å². The molecule has 8 heteroatoms. The first-order valence-electron chi connectivity index (χ1n) is 5.94. The lowest BCUT2D eigenvalue weighted by atomic mass is 10.2. The molecular weight excluding hydrogens is 410 g/mol. The monoisotopic (exact) mass is 421 g/mol. The Kier molecular flexibility index (Phi) is 4.87. The molecule has 0 aliphatic rings. The van der Waals surface area contributed by atoms with E-state index in [2.05, 4.69) is 46.8 Å². The molecule has 0 aliphatic carbocycles. The van der Waals surface area contributed by atoms with E-state index in [4.69, 9.17) is 0 Å². The van der Waals surface area contributed by atoms with Crippen LogP contribution in [0.4, 0.5) is 5.82 Å². The zero-order valence-electron chi connectivity index (χ0n) is 10.7. The quantitative estimate of drug-likeness (QED) is 0.771. The van der Waals surface area contributed by atoms with E-state index in [-0.39, 0.29) is 4.90 Å². The number of nitrogens with one attached hydrogen (secondary N) is 2. The molecule has 0 bridgehead atoms. The Morgan fingerprint density at radius 3 is 2.70 bits per heavy atom. The summed E-state index contributed by atoms with van der Waals surface area (Å²) >= 11 is 6.54. The van der Waals surface area contributed by atoms with Gasteiger partial charge >= 0.3 is 0 Å². The van der Waals surface area contributed by atoms with Gasteiger partial charge in [-0.05, 0) is 40.5 Å². The van der Waals surface area contributed by atoms with Crippen LogP contribution in [0.25, 0.3) is 0 Å². The van der Waals surface area contributed by atoms with Crippen LogP contribution in [-0.2, 0) is 16.4 Å². The fourth-order valence-electron chi connectivity index (χ4n) is 1.70. The van der Waals surface area contributed by atoms with Crippen molar-refractivity contribution in [2.24, 2.45) is 0 Å². The first-order valence-corrected chi connectivity index (χ1v) is 9.01. The Morgan fingerprint density at radius 2 is 2.05 bits per heavy atom. The second-order valence-electron chi connectivity index (χ2n) is 4.21. The lowest BCUT2D eigenvalue weighted by Crippen LogP contribution is -2.13. The highest BCUT2D eigenvalue weighted by molar-refractivity contribution is 9.11. The van der Waals surface area contributed by atoms with E-state index in [1.165, 1.54) is 6.07 Å². The van der Waals surface area contributed by atoms with E-state index in [0.29, 0.717) is 10.3 Å². The summed E-state index contributed by atoms with van der Waals surface area (Å²) in [5.74, 6) is 0.295. The van der Waals surface area contributed by atoms with Crippen LogP contribution >= 0.6 is 31.9 Å². The highest BCUT2D eigenvalue weighted by atomic mass is 79.9. The minimum Gasteiger partial charge on any atom is -0.280 e. The first kappa shape index (κ1) is 15.5. The number of rotatable bonds is 5. The van der Waals surface area contributed by atoms with Gasteiger partial charge < -0.3 is 0 Å². The van der Waals surface area contributed by atoms with Gasteiger partial charge in [-0.1, -0.05) is 29.3 Å². The molecule has 2 aromatic rings. The molecule has 1 heterocycles. The van der Waals surface area contributed by atoms with Crippen molar-refractivity contribution in [3.63, 3.8) is 0 Å². The lowest BCUT2D eigenvalue weighted by Gasteiger charge is -2.07. The maximum atomic E-state index is 12.3. The van der Waals surface area contributed by atoms with Crippen molar-refractivity contribution in [1.82, 2.24) is 10.2 Å². The molecule has 0 fully saturated rings. The first-order chi connectivity index (χ1) is 9.42. The Balaban J connectivity index is 2.26. The highest BCUT2D eigenvalue weighted by Gasteiger charge is 2.19. The van der Waals surface area contributed by atoms with Crippen molar-refractivity contribution < 1.29 is 8.42 Å². The number of hydrogen-bond acceptors (Lipinski definition) is 3. The lowest BCUT2D eigenvalue weighted by molar-refractivity contribution is 0.600. The summed E-state index contributed by atoms with van der Waals surface area (Å²) < 4.78 is 28.3. The molecule has 0 atom stereocenters. The number of aromatic nitrogens is 2. The van der Waals surface area contributed by atoms with Crippen LogP contribution in [0.15, 0.2) is 38.1 Å². The summed E-state index contributed by atoms with van der Waals surface area (Å²) in [6.45, 7) is 2.05. The second-order valence-corrected chi connectivity index (χ2v) is 7.63. The number of sulfonamides is 1. The molecule has 20 heavy (non-hydrogen) atoms. The van der Waals surface area contributed by atoms with Crippen LogP contribution in [0.5, 0.6) is 0 Å². The topological polar surface area (TPSA) is 74.8 Å². The molecule has 1 aromatic carbocycles. The number of aromatic amines is 1. The predicted octanol–water partition coefficient (Wildman–Crippen LogP) is 3.69. The molecule has 108 valence electrons. The van der Waals surface area contributed by atoms with Crippen LogP contribution in [0.3, 0.4) is 0 Å². The Hall–Kier alpha value is -0.860. The summed E-state index contributed by atoms with van der Waals surface area (Å²) in [6.07, 6.45) is 1.79.